The van der Waals surface area contributed by atoms with Gasteiger partial charge >= 0.3 is 0 Å². The lowest BCUT2D eigenvalue weighted by Crippen LogP contribution is -2.26. The highest BCUT2D eigenvalue weighted by Gasteiger charge is 2.10. The fourth-order valence-corrected chi connectivity index (χ4v) is 3.60. The van der Waals surface area contributed by atoms with E-state index in [0.29, 0.717) is 0 Å². The van der Waals surface area contributed by atoms with Gasteiger partial charge < -0.3 is 5.32 Å². The number of anilines is 2. The van der Waals surface area contributed by atoms with E-state index in [2.05, 4.69) is 50.1 Å². The van der Waals surface area contributed by atoms with E-state index in [4.69, 9.17) is 4.98 Å². The first-order chi connectivity index (χ1) is 12.9. The van der Waals surface area contributed by atoms with Crippen LogP contribution < -0.4 is 9.88 Å². The molecule has 0 aliphatic heterocycles. The minimum Gasteiger partial charge on any atom is -0.314 e. The lowest BCUT2D eigenvalue weighted by Gasteiger charge is -2.00. The second-order valence-corrected chi connectivity index (χ2v) is 6.70. The molecule has 0 aliphatic rings. The van der Waals surface area contributed by atoms with Crippen molar-refractivity contribution in [1.82, 2.24) is 20.2 Å². The van der Waals surface area contributed by atoms with Gasteiger partial charge in [-0.05, 0) is 36.4 Å². The zero-order valence-electron chi connectivity index (χ0n) is 13.7. The molecule has 0 radical (unpaired) electrons. The molecule has 0 saturated carbocycles. The summed E-state index contributed by atoms with van der Waals surface area (Å²) in [4.78, 5) is 7.74. The quantitative estimate of drug-likeness (QED) is 0.424. The Morgan fingerprint density at radius 2 is 1.92 bits per heavy atom. The van der Waals surface area contributed by atoms with Crippen molar-refractivity contribution in [2.75, 3.05) is 5.32 Å². The third kappa shape index (κ3) is 2.64. The van der Waals surface area contributed by atoms with Crippen molar-refractivity contribution in [3.05, 3.63) is 72.6 Å². The molecular weight excluding hydrogens is 344 g/mol. The Morgan fingerprint density at radius 1 is 1.04 bits per heavy atom. The van der Waals surface area contributed by atoms with E-state index in [0.717, 1.165) is 38.8 Å². The van der Waals surface area contributed by atoms with E-state index >= 15 is 0 Å². The van der Waals surface area contributed by atoms with Crippen molar-refractivity contribution in [3.63, 3.8) is 0 Å². The monoisotopic (exact) mass is 359 g/mol. The van der Waals surface area contributed by atoms with Gasteiger partial charge in [0.2, 0.25) is 6.33 Å². The van der Waals surface area contributed by atoms with E-state index in [-0.39, 0.29) is 0 Å². The summed E-state index contributed by atoms with van der Waals surface area (Å²) < 4.78 is 2.03. The minimum atomic E-state index is 0.792. The molecule has 3 aromatic heterocycles. The largest absolute Gasteiger partial charge is 0.314 e. The van der Waals surface area contributed by atoms with Crippen LogP contribution in [-0.2, 0) is 0 Å². The molecule has 6 nitrogen and oxygen atoms in total. The molecule has 26 heavy (non-hydrogen) atoms. The van der Waals surface area contributed by atoms with E-state index in [1.165, 1.54) is 0 Å². The van der Waals surface area contributed by atoms with Crippen LogP contribution in [0.5, 0.6) is 0 Å². The third-order valence-corrected chi connectivity index (χ3v) is 4.96. The van der Waals surface area contributed by atoms with Crippen molar-refractivity contribution < 1.29 is 4.57 Å². The van der Waals surface area contributed by atoms with Gasteiger partial charge in [-0.25, -0.2) is 14.5 Å². The number of nitrogens with zero attached hydrogens (tertiary/aromatic N) is 3. The van der Waals surface area contributed by atoms with Crippen molar-refractivity contribution in [1.29, 1.82) is 0 Å². The van der Waals surface area contributed by atoms with Crippen molar-refractivity contribution in [2.45, 2.75) is 0 Å². The maximum absolute atomic E-state index is 4.70. The Balaban J connectivity index is 1.40. The number of benzene rings is 2. The number of aromatic nitrogens is 5. The van der Waals surface area contributed by atoms with Gasteiger partial charge in [0.25, 0.3) is 0 Å². The molecule has 0 unspecified atom stereocenters. The average Bonchev–Trinajstić information content (AvgIpc) is 3.44. The summed E-state index contributed by atoms with van der Waals surface area (Å²) in [5, 5.41) is 14.6. The highest BCUT2D eigenvalue weighted by Crippen LogP contribution is 2.29. The van der Waals surface area contributed by atoms with Crippen LogP contribution in [0.2, 0.25) is 0 Å². The molecule has 0 saturated heterocycles. The van der Waals surface area contributed by atoms with Gasteiger partial charge in [0.15, 0.2) is 10.9 Å². The molecule has 0 bridgehead atoms. The molecule has 0 atom stereocenters. The van der Waals surface area contributed by atoms with Crippen LogP contribution in [-0.4, -0.2) is 20.2 Å². The van der Waals surface area contributed by atoms with Crippen LogP contribution in [0.4, 0.5) is 10.9 Å². The predicted octanol–water partition coefficient (Wildman–Crippen LogP) is 4.03. The summed E-state index contributed by atoms with van der Waals surface area (Å²) >= 11 is 1.57. The molecule has 3 heterocycles. The second kappa shape index (κ2) is 6.12. The molecule has 5 aromatic rings. The Hall–Kier alpha value is -3.45. The molecule has 126 valence electrons. The number of H-pyrrole nitrogens is 2. The van der Waals surface area contributed by atoms with Gasteiger partial charge in [-0.2, -0.15) is 5.10 Å². The Labute approximate surface area is 153 Å². The summed E-state index contributed by atoms with van der Waals surface area (Å²) in [5.41, 5.74) is 4.14. The summed E-state index contributed by atoms with van der Waals surface area (Å²) in [5.74, 6) is 0.792. The highest BCUT2D eigenvalue weighted by molar-refractivity contribution is 7.14. The maximum atomic E-state index is 4.70. The SMILES string of the molecule is c1ccc2c(Nc3nc(-c4ccc(-[n+]5cc[nH]c5)cc4)cs3)n[nH]c2c1. The molecule has 0 amide bonds. The van der Waals surface area contributed by atoms with Crippen LogP contribution >= 0.6 is 11.3 Å². The van der Waals surface area contributed by atoms with Gasteiger partial charge in [0.05, 0.1) is 11.2 Å². The summed E-state index contributed by atoms with van der Waals surface area (Å²) in [6.07, 6.45) is 5.78. The summed E-state index contributed by atoms with van der Waals surface area (Å²) in [6, 6.07) is 16.4. The standard InChI is InChI=1S/C19H14N6S/c1-2-4-16-15(3-1)18(24-23-16)22-19-21-17(11-26-19)13-5-7-14(8-6-13)25-10-9-20-12-25/h1-12H,(H2,21,22,23,24)/p+1. The Morgan fingerprint density at radius 3 is 2.77 bits per heavy atom. The molecule has 3 N–H and O–H groups in total. The van der Waals surface area contributed by atoms with Gasteiger partial charge in [-0.1, -0.05) is 12.1 Å². The number of imidazole rings is 1. The number of para-hydroxylation sites is 1. The fourth-order valence-electron chi connectivity index (χ4n) is 2.88. The molecule has 5 rings (SSSR count). The predicted molar refractivity (Wildman–Crippen MR) is 103 cm³/mol. The van der Waals surface area contributed by atoms with E-state index in [1.807, 2.05) is 47.6 Å². The van der Waals surface area contributed by atoms with Gasteiger partial charge in [-0.3, -0.25) is 5.10 Å². The number of thiazole rings is 1. The first-order valence-corrected chi connectivity index (χ1v) is 9.05. The lowest BCUT2D eigenvalue weighted by molar-refractivity contribution is -0.594. The van der Waals surface area contributed by atoms with Gasteiger partial charge in [-0.15, -0.1) is 11.3 Å². The van der Waals surface area contributed by atoms with Crippen LogP contribution in [0, 0.1) is 0 Å². The molecule has 2 aromatic carbocycles. The average molecular weight is 359 g/mol. The van der Waals surface area contributed by atoms with E-state index in [1.54, 1.807) is 11.3 Å². The van der Waals surface area contributed by atoms with Crippen molar-refractivity contribution >= 4 is 33.2 Å². The number of nitrogens with one attached hydrogen (secondary N) is 3. The Kier molecular flexibility index (Phi) is 3.50. The number of hydrogen-bond donors (Lipinski definition) is 3. The number of hydrogen-bond acceptors (Lipinski definition) is 4. The Bertz CT molecular complexity index is 1150. The highest BCUT2D eigenvalue weighted by atomic mass is 32.1. The first-order valence-electron chi connectivity index (χ1n) is 8.17. The lowest BCUT2D eigenvalue weighted by atomic mass is 10.1. The number of aromatic amines is 2. The molecule has 0 aliphatic carbocycles. The molecule has 0 fully saturated rings. The summed E-state index contributed by atoms with van der Waals surface area (Å²) in [7, 11) is 0. The second-order valence-electron chi connectivity index (χ2n) is 5.85. The van der Waals surface area contributed by atoms with Crippen LogP contribution in [0.25, 0.3) is 27.8 Å². The van der Waals surface area contributed by atoms with Crippen LogP contribution in [0.15, 0.2) is 72.6 Å². The normalized spacial score (nSPS) is 11.1. The van der Waals surface area contributed by atoms with E-state index in [9.17, 15) is 0 Å². The zero-order chi connectivity index (χ0) is 17.3. The van der Waals surface area contributed by atoms with Crippen LogP contribution in [0.3, 0.4) is 0 Å². The smallest absolute Gasteiger partial charge is 0.246 e. The zero-order valence-corrected chi connectivity index (χ0v) is 14.5. The third-order valence-electron chi connectivity index (χ3n) is 4.21. The van der Waals surface area contributed by atoms with Crippen molar-refractivity contribution in [3.8, 4) is 16.9 Å². The maximum Gasteiger partial charge on any atom is 0.246 e. The summed E-state index contributed by atoms with van der Waals surface area (Å²) in [6.45, 7) is 0. The van der Waals surface area contributed by atoms with Crippen LogP contribution in [0.1, 0.15) is 0 Å². The number of rotatable bonds is 4. The molecular formula is C19H15N6S+. The first kappa shape index (κ1) is 14.9. The topological polar surface area (TPSA) is 73.3 Å². The minimum absolute atomic E-state index is 0.792. The van der Waals surface area contributed by atoms with Crippen molar-refractivity contribution in [2.24, 2.45) is 0 Å². The number of fused-ring (bicyclic) bond motifs is 1. The van der Waals surface area contributed by atoms with Gasteiger partial charge in [0, 0.05) is 16.3 Å². The molecule has 7 heteroatoms. The molecule has 0 spiro atoms. The van der Waals surface area contributed by atoms with E-state index < -0.39 is 0 Å². The van der Waals surface area contributed by atoms with Gasteiger partial charge in [0.1, 0.15) is 18.1 Å². The fraction of sp³-hybridized carbons (Fsp3) is 0.